The summed E-state index contributed by atoms with van der Waals surface area (Å²) in [6.07, 6.45) is 5.15. The molecule has 0 aliphatic carbocycles. The van der Waals surface area contributed by atoms with E-state index in [2.05, 4.69) is 5.32 Å². The lowest BCUT2D eigenvalue weighted by Gasteiger charge is -2.08. The molecule has 0 bridgehead atoms. The van der Waals surface area contributed by atoms with Gasteiger partial charge in [-0.25, -0.2) is 12.8 Å². The van der Waals surface area contributed by atoms with Gasteiger partial charge in [0.25, 0.3) is 0 Å². The number of sulfone groups is 1. The van der Waals surface area contributed by atoms with Gasteiger partial charge in [0.1, 0.15) is 5.82 Å². The van der Waals surface area contributed by atoms with Crippen LogP contribution in [-0.2, 0) is 9.84 Å². The van der Waals surface area contributed by atoms with Crippen molar-refractivity contribution in [3.05, 3.63) is 24.0 Å². The number of hydrogen-bond donors (Lipinski definition) is 1. The largest absolute Gasteiger partial charge is 0.383 e. The van der Waals surface area contributed by atoms with Crippen LogP contribution >= 0.6 is 11.8 Å². The molecule has 1 aromatic carbocycles. The van der Waals surface area contributed by atoms with Gasteiger partial charge in [0, 0.05) is 12.8 Å². The highest BCUT2D eigenvalue weighted by atomic mass is 32.2. The molecule has 0 fully saturated rings. The lowest BCUT2D eigenvalue weighted by molar-refractivity contribution is 0.600. The van der Waals surface area contributed by atoms with E-state index in [0.29, 0.717) is 6.54 Å². The van der Waals surface area contributed by atoms with Crippen LogP contribution in [0.5, 0.6) is 0 Å². The molecule has 0 spiro atoms. The van der Waals surface area contributed by atoms with Crippen LogP contribution in [0, 0.1) is 5.82 Å². The SMILES string of the molecule is CSCCCCNc1cc(S(C)(=O)=O)ccc1F. The summed E-state index contributed by atoms with van der Waals surface area (Å²) in [5.41, 5.74) is 0.252. The van der Waals surface area contributed by atoms with Gasteiger partial charge in [0.15, 0.2) is 9.84 Å². The Bertz CT molecular complexity index is 489. The van der Waals surface area contributed by atoms with E-state index in [1.807, 2.05) is 6.26 Å². The van der Waals surface area contributed by atoms with E-state index >= 15 is 0 Å². The molecule has 0 radical (unpaired) electrons. The highest BCUT2D eigenvalue weighted by Crippen LogP contribution is 2.19. The van der Waals surface area contributed by atoms with Gasteiger partial charge in [-0.3, -0.25) is 0 Å². The lowest BCUT2D eigenvalue weighted by atomic mass is 10.3. The van der Waals surface area contributed by atoms with E-state index in [4.69, 9.17) is 0 Å². The fourth-order valence-corrected chi connectivity index (χ4v) is 2.60. The summed E-state index contributed by atoms with van der Waals surface area (Å²) in [4.78, 5) is 0.135. The zero-order valence-corrected chi connectivity index (χ0v) is 12.2. The number of nitrogens with one attached hydrogen (secondary N) is 1. The van der Waals surface area contributed by atoms with Crippen LogP contribution in [0.3, 0.4) is 0 Å². The second-order valence-corrected chi connectivity index (χ2v) is 7.04. The maximum Gasteiger partial charge on any atom is 0.175 e. The molecule has 0 atom stereocenters. The van der Waals surface area contributed by atoms with Crippen LogP contribution in [0.4, 0.5) is 10.1 Å². The number of anilines is 1. The highest BCUT2D eigenvalue weighted by molar-refractivity contribution is 7.98. The minimum absolute atomic E-state index is 0.135. The topological polar surface area (TPSA) is 46.2 Å². The second-order valence-electron chi connectivity index (χ2n) is 4.04. The van der Waals surface area contributed by atoms with Gasteiger partial charge >= 0.3 is 0 Å². The molecule has 0 saturated carbocycles. The molecule has 0 aromatic heterocycles. The van der Waals surface area contributed by atoms with Gasteiger partial charge < -0.3 is 5.32 Å². The summed E-state index contributed by atoms with van der Waals surface area (Å²) in [6, 6.07) is 3.81. The van der Waals surface area contributed by atoms with Crippen molar-refractivity contribution < 1.29 is 12.8 Å². The van der Waals surface area contributed by atoms with Crippen molar-refractivity contribution in [3.8, 4) is 0 Å². The van der Waals surface area contributed by atoms with E-state index in [-0.39, 0.29) is 10.6 Å². The molecule has 1 rings (SSSR count). The van der Waals surface area contributed by atoms with Crippen LogP contribution in [-0.4, -0.2) is 33.2 Å². The third-order valence-electron chi connectivity index (χ3n) is 2.46. The van der Waals surface area contributed by atoms with Crippen LogP contribution < -0.4 is 5.32 Å². The number of thioether (sulfide) groups is 1. The smallest absolute Gasteiger partial charge is 0.175 e. The van der Waals surface area contributed by atoms with Gasteiger partial charge in [0.2, 0.25) is 0 Å². The quantitative estimate of drug-likeness (QED) is 0.620. The molecule has 18 heavy (non-hydrogen) atoms. The fraction of sp³-hybridized carbons (Fsp3) is 0.500. The molecule has 6 heteroatoms. The van der Waals surface area contributed by atoms with Crippen molar-refractivity contribution >= 4 is 27.3 Å². The van der Waals surface area contributed by atoms with Crippen LogP contribution in [0.1, 0.15) is 12.8 Å². The Labute approximate surface area is 112 Å². The molecular weight excluding hydrogens is 273 g/mol. The summed E-state index contributed by atoms with van der Waals surface area (Å²) in [5, 5.41) is 2.94. The van der Waals surface area contributed by atoms with E-state index in [1.165, 1.54) is 18.2 Å². The lowest BCUT2D eigenvalue weighted by Crippen LogP contribution is -2.06. The van der Waals surface area contributed by atoms with Gasteiger partial charge in [0.05, 0.1) is 10.6 Å². The van der Waals surface area contributed by atoms with Crippen molar-refractivity contribution in [2.75, 3.05) is 30.1 Å². The standard InChI is InChI=1S/C12H18FNO2S2/c1-17-8-4-3-7-14-12-9-10(18(2,15)16)5-6-11(12)13/h5-6,9,14H,3-4,7-8H2,1-2H3. The monoisotopic (exact) mass is 291 g/mol. The Kier molecular flexibility index (Phi) is 5.95. The first-order valence-corrected chi connectivity index (χ1v) is 8.96. The maximum atomic E-state index is 13.5. The zero-order chi connectivity index (χ0) is 13.6. The molecule has 1 aromatic rings. The van der Waals surface area contributed by atoms with Gasteiger partial charge in [-0.2, -0.15) is 11.8 Å². The van der Waals surface area contributed by atoms with Crippen LogP contribution in [0.2, 0.25) is 0 Å². The third-order valence-corrected chi connectivity index (χ3v) is 4.26. The first kappa shape index (κ1) is 15.3. The third kappa shape index (κ3) is 4.86. The highest BCUT2D eigenvalue weighted by Gasteiger charge is 2.10. The van der Waals surface area contributed by atoms with Crippen molar-refractivity contribution in [1.29, 1.82) is 0 Å². The summed E-state index contributed by atoms with van der Waals surface area (Å²) >= 11 is 1.78. The summed E-state index contributed by atoms with van der Waals surface area (Å²) in [6.45, 7) is 0.644. The molecule has 1 N–H and O–H groups in total. The average Bonchev–Trinajstić information content (AvgIpc) is 2.29. The van der Waals surface area contributed by atoms with E-state index in [9.17, 15) is 12.8 Å². The molecule has 102 valence electrons. The number of unbranched alkanes of at least 4 members (excludes halogenated alkanes) is 1. The Morgan fingerprint density at radius 2 is 2.06 bits per heavy atom. The van der Waals surface area contributed by atoms with Crippen molar-refractivity contribution in [1.82, 2.24) is 0 Å². The Morgan fingerprint density at radius 3 is 2.67 bits per heavy atom. The van der Waals surface area contributed by atoms with E-state index in [0.717, 1.165) is 24.9 Å². The zero-order valence-electron chi connectivity index (χ0n) is 10.6. The number of benzene rings is 1. The van der Waals surface area contributed by atoms with Gasteiger partial charge in [-0.15, -0.1) is 0 Å². The van der Waals surface area contributed by atoms with Gasteiger partial charge in [-0.05, 0) is 43.0 Å². The summed E-state index contributed by atoms with van der Waals surface area (Å²) in [7, 11) is -3.29. The molecule has 0 unspecified atom stereocenters. The normalized spacial score (nSPS) is 11.5. The predicted molar refractivity (Wildman–Crippen MR) is 75.6 cm³/mol. The number of rotatable bonds is 7. The first-order valence-electron chi connectivity index (χ1n) is 5.67. The number of hydrogen-bond acceptors (Lipinski definition) is 4. The second kappa shape index (κ2) is 6.99. The molecule has 0 heterocycles. The minimum Gasteiger partial charge on any atom is -0.383 e. The van der Waals surface area contributed by atoms with E-state index in [1.54, 1.807) is 11.8 Å². The molecular formula is C12H18FNO2S2. The van der Waals surface area contributed by atoms with Crippen molar-refractivity contribution in [2.24, 2.45) is 0 Å². The maximum absolute atomic E-state index is 13.5. The van der Waals surface area contributed by atoms with Crippen LogP contribution in [0.25, 0.3) is 0 Å². The minimum atomic E-state index is -3.29. The fourth-order valence-electron chi connectivity index (χ4n) is 1.46. The Hall–Kier alpha value is -0.750. The Morgan fingerprint density at radius 1 is 1.33 bits per heavy atom. The molecule has 0 aliphatic heterocycles. The molecule has 0 amide bonds. The van der Waals surface area contributed by atoms with Crippen molar-refractivity contribution in [2.45, 2.75) is 17.7 Å². The predicted octanol–water partition coefficient (Wildman–Crippen LogP) is 2.78. The summed E-state index contributed by atoms with van der Waals surface area (Å²) < 4.78 is 36.2. The number of halogens is 1. The van der Waals surface area contributed by atoms with Crippen molar-refractivity contribution in [3.63, 3.8) is 0 Å². The first-order chi connectivity index (χ1) is 8.45. The van der Waals surface area contributed by atoms with Crippen LogP contribution in [0.15, 0.2) is 23.1 Å². The average molecular weight is 291 g/mol. The molecule has 0 saturated heterocycles. The molecule has 0 aliphatic rings. The molecule has 3 nitrogen and oxygen atoms in total. The summed E-state index contributed by atoms with van der Waals surface area (Å²) in [5.74, 6) is 0.653. The van der Waals surface area contributed by atoms with E-state index < -0.39 is 15.7 Å². The van der Waals surface area contributed by atoms with Gasteiger partial charge in [-0.1, -0.05) is 0 Å². The Balaban J connectivity index is 2.65.